The molecular formula is C10H13Cl2N3. The van der Waals surface area contributed by atoms with Crippen molar-refractivity contribution < 1.29 is 0 Å². The maximum absolute atomic E-state index is 5.95. The molecule has 0 aromatic heterocycles. The summed E-state index contributed by atoms with van der Waals surface area (Å²) < 4.78 is 0. The van der Waals surface area contributed by atoms with Crippen LogP contribution in [0.2, 0.25) is 10.0 Å². The second-order valence-electron chi connectivity index (χ2n) is 3.02. The number of rotatable bonds is 3. The molecule has 1 aromatic rings. The molecule has 15 heavy (non-hydrogen) atoms. The molecular weight excluding hydrogens is 233 g/mol. The number of anilines is 1. The smallest absolute Gasteiger partial charge is 0.193 e. The first-order valence-corrected chi connectivity index (χ1v) is 5.41. The Hall–Kier alpha value is -0.930. The Balaban J connectivity index is 2.72. The van der Waals surface area contributed by atoms with Gasteiger partial charge in [-0.1, -0.05) is 30.1 Å². The van der Waals surface area contributed by atoms with Gasteiger partial charge in [0, 0.05) is 11.6 Å². The van der Waals surface area contributed by atoms with E-state index in [0.29, 0.717) is 28.2 Å². The van der Waals surface area contributed by atoms with Crippen LogP contribution in [-0.4, -0.2) is 12.5 Å². The lowest BCUT2D eigenvalue weighted by Gasteiger charge is -2.07. The summed E-state index contributed by atoms with van der Waals surface area (Å²) in [5.74, 6) is 0.362. The van der Waals surface area contributed by atoms with Gasteiger partial charge in [0.25, 0.3) is 0 Å². The van der Waals surface area contributed by atoms with Crippen LogP contribution in [0.1, 0.15) is 13.3 Å². The zero-order chi connectivity index (χ0) is 11.3. The van der Waals surface area contributed by atoms with Crippen molar-refractivity contribution in [1.82, 2.24) is 0 Å². The highest BCUT2D eigenvalue weighted by Crippen LogP contribution is 2.24. The lowest BCUT2D eigenvalue weighted by molar-refractivity contribution is 0.929. The van der Waals surface area contributed by atoms with Gasteiger partial charge in [-0.05, 0) is 24.6 Å². The maximum Gasteiger partial charge on any atom is 0.193 e. The third kappa shape index (κ3) is 3.98. The molecule has 0 heterocycles. The van der Waals surface area contributed by atoms with Crippen molar-refractivity contribution in [3.8, 4) is 0 Å². The number of hydrogen-bond donors (Lipinski definition) is 2. The van der Waals surface area contributed by atoms with E-state index in [1.165, 1.54) is 0 Å². The Morgan fingerprint density at radius 2 is 2.20 bits per heavy atom. The maximum atomic E-state index is 5.95. The summed E-state index contributed by atoms with van der Waals surface area (Å²) in [7, 11) is 0. The van der Waals surface area contributed by atoms with Gasteiger partial charge >= 0.3 is 0 Å². The van der Waals surface area contributed by atoms with Crippen molar-refractivity contribution in [3.63, 3.8) is 0 Å². The van der Waals surface area contributed by atoms with Gasteiger partial charge in [-0.3, -0.25) is 4.99 Å². The zero-order valence-electron chi connectivity index (χ0n) is 8.43. The van der Waals surface area contributed by atoms with Crippen LogP contribution in [0.15, 0.2) is 23.2 Å². The Morgan fingerprint density at radius 3 is 2.80 bits per heavy atom. The SMILES string of the molecule is CCCN=C(N)Nc1ccc(Cl)cc1Cl. The second kappa shape index (κ2) is 5.83. The molecule has 0 bridgehead atoms. The van der Waals surface area contributed by atoms with E-state index in [2.05, 4.69) is 10.3 Å². The van der Waals surface area contributed by atoms with Crippen LogP contribution in [0.25, 0.3) is 0 Å². The molecule has 0 saturated heterocycles. The number of aliphatic imine (C=N–C) groups is 1. The van der Waals surface area contributed by atoms with Gasteiger partial charge in [-0.25, -0.2) is 0 Å². The molecule has 3 nitrogen and oxygen atoms in total. The quantitative estimate of drug-likeness (QED) is 0.635. The molecule has 0 spiro atoms. The molecule has 0 unspecified atom stereocenters. The van der Waals surface area contributed by atoms with Gasteiger partial charge < -0.3 is 11.1 Å². The average Bonchev–Trinajstić information content (AvgIpc) is 2.19. The summed E-state index contributed by atoms with van der Waals surface area (Å²) in [5, 5.41) is 4.03. The monoisotopic (exact) mass is 245 g/mol. The molecule has 0 radical (unpaired) electrons. The second-order valence-corrected chi connectivity index (χ2v) is 3.86. The number of nitrogens with zero attached hydrogens (tertiary/aromatic N) is 1. The minimum Gasteiger partial charge on any atom is -0.370 e. The number of nitrogens with two attached hydrogens (primary N) is 1. The third-order valence-corrected chi connectivity index (χ3v) is 2.25. The minimum absolute atomic E-state index is 0.362. The molecule has 0 aliphatic rings. The molecule has 5 heteroatoms. The molecule has 0 aliphatic carbocycles. The van der Waals surface area contributed by atoms with Gasteiger partial charge in [0.05, 0.1) is 10.7 Å². The molecule has 1 rings (SSSR count). The number of halogens is 2. The number of benzene rings is 1. The first-order chi connectivity index (χ1) is 7.13. The first-order valence-electron chi connectivity index (χ1n) is 4.65. The van der Waals surface area contributed by atoms with Crippen LogP contribution in [-0.2, 0) is 0 Å². The topological polar surface area (TPSA) is 50.4 Å². The van der Waals surface area contributed by atoms with Crippen molar-refractivity contribution >= 4 is 34.8 Å². The van der Waals surface area contributed by atoms with E-state index in [0.717, 1.165) is 6.42 Å². The highest BCUT2D eigenvalue weighted by molar-refractivity contribution is 6.36. The molecule has 0 amide bonds. The Kier molecular flexibility index (Phi) is 4.72. The highest BCUT2D eigenvalue weighted by atomic mass is 35.5. The summed E-state index contributed by atoms with van der Waals surface area (Å²) in [5.41, 5.74) is 6.35. The van der Waals surface area contributed by atoms with Crippen molar-refractivity contribution in [3.05, 3.63) is 28.2 Å². The summed E-state index contributed by atoms with van der Waals surface area (Å²) in [4.78, 5) is 4.09. The summed E-state index contributed by atoms with van der Waals surface area (Å²) in [6, 6.07) is 5.15. The van der Waals surface area contributed by atoms with Crippen molar-refractivity contribution in [2.75, 3.05) is 11.9 Å². The highest BCUT2D eigenvalue weighted by Gasteiger charge is 2.01. The zero-order valence-corrected chi connectivity index (χ0v) is 9.94. The van der Waals surface area contributed by atoms with Gasteiger partial charge in [0.15, 0.2) is 5.96 Å². The van der Waals surface area contributed by atoms with Gasteiger partial charge in [-0.2, -0.15) is 0 Å². The lowest BCUT2D eigenvalue weighted by Crippen LogP contribution is -2.22. The van der Waals surface area contributed by atoms with E-state index in [4.69, 9.17) is 28.9 Å². The fourth-order valence-corrected chi connectivity index (χ4v) is 1.46. The van der Waals surface area contributed by atoms with E-state index in [1.807, 2.05) is 6.92 Å². The van der Waals surface area contributed by atoms with E-state index < -0.39 is 0 Å². The van der Waals surface area contributed by atoms with Gasteiger partial charge in [0.2, 0.25) is 0 Å². The third-order valence-electron chi connectivity index (χ3n) is 1.70. The van der Waals surface area contributed by atoms with Crippen LogP contribution >= 0.6 is 23.2 Å². The molecule has 0 saturated carbocycles. The van der Waals surface area contributed by atoms with E-state index in [1.54, 1.807) is 18.2 Å². The molecule has 1 aromatic carbocycles. The average molecular weight is 246 g/mol. The predicted molar refractivity (Wildman–Crippen MR) is 66.9 cm³/mol. The predicted octanol–water partition coefficient (Wildman–Crippen LogP) is 3.13. The molecule has 0 atom stereocenters. The Morgan fingerprint density at radius 1 is 1.47 bits per heavy atom. The molecule has 3 N–H and O–H groups in total. The minimum atomic E-state index is 0.362. The van der Waals surface area contributed by atoms with Crippen molar-refractivity contribution in [2.24, 2.45) is 10.7 Å². The number of hydrogen-bond acceptors (Lipinski definition) is 1. The van der Waals surface area contributed by atoms with Crippen molar-refractivity contribution in [1.29, 1.82) is 0 Å². The summed E-state index contributed by atoms with van der Waals surface area (Å²) >= 11 is 11.7. The largest absolute Gasteiger partial charge is 0.370 e. The van der Waals surface area contributed by atoms with Crippen LogP contribution in [0.4, 0.5) is 5.69 Å². The Labute approximate surface area is 99.3 Å². The summed E-state index contributed by atoms with van der Waals surface area (Å²) in [6.45, 7) is 2.73. The van der Waals surface area contributed by atoms with E-state index in [9.17, 15) is 0 Å². The normalized spacial score (nSPS) is 11.5. The van der Waals surface area contributed by atoms with Crippen LogP contribution < -0.4 is 11.1 Å². The summed E-state index contributed by atoms with van der Waals surface area (Å²) in [6.07, 6.45) is 0.955. The fraction of sp³-hybridized carbons (Fsp3) is 0.300. The first kappa shape index (κ1) is 12.1. The molecule has 0 fully saturated rings. The van der Waals surface area contributed by atoms with Crippen LogP contribution in [0.5, 0.6) is 0 Å². The van der Waals surface area contributed by atoms with Gasteiger partial charge in [0.1, 0.15) is 0 Å². The Bertz CT molecular complexity index is 364. The molecule has 82 valence electrons. The van der Waals surface area contributed by atoms with Gasteiger partial charge in [-0.15, -0.1) is 0 Å². The standard InChI is InChI=1S/C10H13Cl2N3/c1-2-5-14-10(13)15-9-4-3-7(11)6-8(9)12/h3-4,6H,2,5H2,1H3,(H3,13,14,15). The number of guanidine groups is 1. The van der Waals surface area contributed by atoms with E-state index in [-0.39, 0.29) is 0 Å². The number of nitrogens with one attached hydrogen (secondary N) is 1. The van der Waals surface area contributed by atoms with Crippen LogP contribution in [0.3, 0.4) is 0 Å². The van der Waals surface area contributed by atoms with Crippen LogP contribution in [0, 0.1) is 0 Å². The lowest BCUT2D eigenvalue weighted by atomic mass is 10.3. The molecule has 0 aliphatic heterocycles. The fourth-order valence-electron chi connectivity index (χ4n) is 1.00. The van der Waals surface area contributed by atoms with Crippen molar-refractivity contribution in [2.45, 2.75) is 13.3 Å². The van der Waals surface area contributed by atoms with E-state index >= 15 is 0 Å².